The number of carbonyl (C=O) groups is 1. The molecule has 1 amide bonds. The lowest BCUT2D eigenvalue weighted by Gasteiger charge is -2.21. The van der Waals surface area contributed by atoms with Crippen molar-refractivity contribution in [3.05, 3.63) is 22.8 Å². The van der Waals surface area contributed by atoms with Crippen LogP contribution in [0.5, 0.6) is 0 Å². The zero-order chi connectivity index (χ0) is 14.1. The molecule has 2 aliphatic rings. The Morgan fingerprint density at radius 2 is 2.30 bits per heavy atom. The second-order valence-corrected chi connectivity index (χ2v) is 5.72. The van der Waals surface area contributed by atoms with Crippen LogP contribution in [-0.2, 0) is 0 Å². The van der Waals surface area contributed by atoms with Crippen molar-refractivity contribution in [1.82, 2.24) is 15.2 Å². The Bertz CT molecular complexity index is 523. The third kappa shape index (κ3) is 2.46. The molecule has 2 fully saturated rings. The first-order valence-electron chi connectivity index (χ1n) is 6.86. The molecule has 20 heavy (non-hydrogen) atoms. The number of anilines is 1. The summed E-state index contributed by atoms with van der Waals surface area (Å²) >= 11 is 5.99. The van der Waals surface area contributed by atoms with Gasteiger partial charge in [-0.05, 0) is 31.9 Å². The second-order valence-electron chi connectivity index (χ2n) is 5.31. The number of amides is 1. The van der Waals surface area contributed by atoms with Gasteiger partial charge in [-0.1, -0.05) is 11.6 Å². The minimum atomic E-state index is -0.123. The summed E-state index contributed by atoms with van der Waals surface area (Å²) < 4.78 is 0. The molecule has 2 saturated heterocycles. The standard InChI is InChI=1S/C13H18ClN5O/c14-9-6-8(7-16-12(9)18-15)13(20)17-10-3-5-19-4-1-2-11(10)19/h6-7,10-11H,1-5,15H2,(H,16,18)(H,17,20). The summed E-state index contributed by atoms with van der Waals surface area (Å²) in [5.41, 5.74) is 2.85. The average Bonchev–Trinajstić information content (AvgIpc) is 3.03. The highest BCUT2D eigenvalue weighted by atomic mass is 35.5. The first-order chi connectivity index (χ1) is 9.69. The SMILES string of the molecule is NNc1ncc(C(=O)NC2CCN3CCCC23)cc1Cl. The van der Waals surface area contributed by atoms with Crippen LogP contribution in [0.25, 0.3) is 0 Å². The lowest BCUT2D eigenvalue weighted by Crippen LogP contribution is -2.42. The highest BCUT2D eigenvalue weighted by molar-refractivity contribution is 6.33. The number of hydrogen-bond donors (Lipinski definition) is 3. The van der Waals surface area contributed by atoms with Crippen LogP contribution in [0.3, 0.4) is 0 Å². The molecule has 0 aromatic carbocycles. The summed E-state index contributed by atoms with van der Waals surface area (Å²) in [6.45, 7) is 2.23. The van der Waals surface area contributed by atoms with Crippen LogP contribution in [-0.4, -0.2) is 41.0 Å². The highest BCUT2D eigenvalue weighted by Crippen LogP contribution is 2.28. The van der Waals surface area contributed by atoms with Crippen LogP contribution < -0.4 is 16.6 Å². The Kier molecular flexibility index (Phi) is 3.78. The van der Waals surface area contributed by atoms with Crippen LogP contribution >= 0.6 is 11.6 Å². The summed E-state index contributed by atoms with van der Waals surface area (Å²) in [5.74, 6) is 5.51. The normalized spacial score (nSPS) is 25.5. The molecule has 6 nitrogen and oxygen atoms in total. The largest absolute Gasteiger partial charge is 0.348 e. The van der Waals surface area contributed by atoms with Gasteiger partial charge in [-0.25, -0.2) is 10.8 Å². The Labute approximate surface area is 122 Å². The monoisotopic (exact) mass is 295 g/mol. The number of carbonyl (C=O) groups excluding carboxylic acids is 1. The first kappa shape index (κ1) is 13.6. The molecular weight excluding hydrogens is 278 g/mol. The number of hydrogen-bond acceptors (Lipinski definition) is 5. The molecule has 7 heteroatoms. The minimum absolute atomic E-state index is 0.123. The van der Waals surface area contributed by atoms with E-state index in [-0.39, 0.29) is 11.9 Å². The molecule has 3 rings (SSSR count). The Morgan fingerprint density at radius 1 is 1.45 bits per heavy atom. The predicted molar refractivity (Wildman–Crippen MR) is 77.5 cm³/mol. The van der Waals surface area contributed by atoms with Crippen molar-refractivity contribution in [3.8, 4) is 0 Å². The molecule has 0 bridgehead atoms. The van der Waals surface area contributed by atoms with E-state index in [1.807, 2.05) is 0 Å². The van der Waals surface area contributed by atoms with E-state index in [1.165, 1.54) is 19.0 Å². The molecule has 4 N–H and O–H groups in total. The van der Waals surface area contributed by atoms with Crippen LogP contribution in [0.15, 0.2) is 12.3 Å². The molecule has 3 heterocycles. The molecule has 0 radical (unpaired) electrons. The van der Waals surface area contributed by atoms with E-state index in [1.54, 1.807) is 6.07 Å². The minimum Gasteiger partial charge on any atom is -0.348 e. The maximum Gasteiger partial charge on any atom is 0.253 e. The number of nitrogens with one attached hydrogen (secondary N) is 2. The quantitative estimate of drug-likeness (QED) is 0.572. The number of rotatable bonds is 3. The van der Waals surface area contributed by atoms with Gasteiger partial charge in [0, 0.05) is 24.8 Å². The fraction of sp³-hybridized carbons (Fsp3) is 0.538. The smallest absolute Gasteiger partial charge is 0.253 e. The fourth-order valence-electron chi connectivity index (χ4n) is 3.17. The van der Waals surface area contributed by atoms with Crippen LogP contribution in [0, 0.1) is 0 Å². The second kappa shape index (κ2) is 5.55. The van der Waals surface area contributed by atoms with Gasteiger partial charge < -0.3 is 10.7 Å². The van der Waals surface area contributed by atoms with Crippen LogP contribution in [0.4, 0.5) is 5.82 Å². The predicted octanol–water partition coefficient (Wildman–Crippen LogP) is 0.987. The average molecular weight is 296 g/mol. The van der Waals surface area contributed by atoms with Gasteiger partial charge in [0.15, 0.2) is 5.82 Å². The number of hydrazine groups is 1. The van der Waals surface area contributed by atoms with Crippen LogP contribution in [0.1, 0.15) is 29.6 Å². The number of nitrogens with two attached hydrogens (primary N) is 1. The van der Waals surface area contributed by atoms with E-state index < -0.39 is 0 Å². The molecule has 108 valence electrons. The van der Waals surface area contributed by atoms with Crippen molar-refractivity contribution >= 4 is 23.3 Å². The van der Waals surface area contributed by atoms with Crippen molar-refractivity contribution in [2.45, 2.75) is 31.3 Å². The van der Waals surface area contributed by atoms with E-state index >= 15 is 0 Å². The number of aromatic nitrogens is 1. The summed E-state index contributed by atoms with van der Waals surface area (Å²) in [6, 6.07) is 2.31. The van der Waals surface area contributed by atoms with E-state index in [0.29, 0.717) is 22.4 Å². The molecule has 0 aliphatic carbocycles. The zero-order valence-electron chi connectivity index (χ0n) is 11.1. The molecule has 0 saturated carbocycles. The number of pyridine rings is 1. The highest BCUT2D eigenvalue weighted by Gasteiger charge is 2.37. The van der Waals surface area contributed by atoms with Crippen LogP contribution in [0.2, 0.25) is 5.02 Å². The number of halogens is 1. The fourth-order valence-corrected chi connectivity index (χ4v) is 3.39. The van der Waals surface area contributed by atoms with Crippen molar-refractivity contribution < 1.29 is 4.79 Å². The van der Waals surface area contributed by atoms with Gasteiger partial charge in [0.05, 0.1) is 10.6 Å². The molecular formula is C13H18ClN5O. The van der Waals surface area contributed by atoms with Gasteiger partial charge >= 0.3 is 0 Å². The Morgan fingerprint density at radius 3 is 3.05 bits per heavy atom. The maximum atomic E-state index is 12.3. The zero-order valence-corrected chi connectivity index (χ0v) is 11.9. The first-order valence-corrected chi connectivity index (χ1v) is 7.24. The van der Waals surface area contributed by atoms with Crippen molar-refractivity contribution in [1.29, 1.82) is 0 Å². The molecule has 1 aromatic heterocycles. The van der Waals surface area contributed by atoms with E-state index in [4.69, 9.17) is 17.4 Å². The van der Waals surface area contributed by atoms with E-state index in [2.05, 4.69) is 20.6 Å². The Hall–Kier alpha value is -1.37. The lowest BCUT2D eigenvalue weighted by atomic mass is 10.1. The van der Waals surface area contributed by atoms with Gasteiger partial charge in [0.1, 0.15) is 0 Å². The van der Waals surface area contributed by atoms with Gasteiger partial charge in [0.25, 0.3) is 5.91 Å². The van der Waals surface area contributed by atoms with Crippen molar-refractivity contribution in [3.63, 3.8) is 0 Å². The van der Waals surface area contributed by atoms with Gasteiger partial charge in [-0.2, -0.15) is 0 Å². The summed E-state index contributed by atoms with van der Waals surface area (Å²) in [6.07, 6.45) is 4.89. The molecule has 2 atom stereocenters. The summed E-state index contributed by atoms with van der Waals surface area (Å²) in [4.78, 5) is 18.7. The molecule has 1 aromatic rings. The van der Waals surface area contributed by atoms with Gasteiger partial charge in [0.2, 0.25) is 0 Å². The Balaban J connectivity index is 1.68. The molecule has 0 spiro atoms. The number of fused-ring (bicyclic) bond motifs is 1. The molecule has 2 unspecified atom stereocenters. The third-order valence-corrected chi connectivity index (χ3v) is 4.45. The summed E-state index contributed by atoms with van der Waals surface area (Å²) in [5, 5.41) is 3.44. The lowest BCUT2D eigenvalue weighted by molar-refractivity contribution is 0.0929. The third-order valence-electron chi connectivity index (χ3n) is 4.16. The number of nitrogens with zero attached hydrogens (tertiary/aromatic N) is 2. The topological polar surface area (TPSA) is 83.3 Å². The number of nitrogen functional groups attached to an aromatic ring is 1. The van der Waals surface area contributed by atoms with Gasteiger partial charge in [-0.15, -0.1) is 0 Å². The van der Waals surface area contributed by atoms with E-state index in [9.17, 15) is 4.79 Å². The van der Waals surface area contributed by atoms with E-state index in [0.717, 1.165) is 19.5 Å². The summed E-state index contributed by atoms with van der Waals surface area (Å²) in [7, 11) is 0. The maximum absolute atomic E-state index is 12.3. The molecule has 2 aliphatic heterocycles. The van der Waals surface area contributed by atoms with Crippen molar-refractivity contribution in [2.75, 3.05) is 18.5 Å². The van der Waals surface area contributed by atoms with Gasteiger partial charge in [-0.3, -0.25) is 9.69 Å². The van der Waals surface area contributed by atoms with Crippen molar-refractivity contribution in [2.24, 2.45) is 5.84 Å².